The van der Waals surface area contributed by atoms with Crippen molar-refractivity contribution in [2.24, 2.45) is 35.2 Å². The molecule has 1 saturated carbocycles. The Morgan fingerprint density at radius 2 is 1.10 bits per heavy atom. The van der Waals surface area contributed by atoms with Crippen molar-refractivity contribution in [2.45, 2.75) is 83.4 Å². The highest BCUT2D eigenvalue weighted by Crippen LogP contribution is 2.41. The number of amides is 10. The van der Waals surface area contributed by atoms with Gasteiger partial charge in [0.1, 0.15) is 23.0 Å². The molecule has 1 aliphatic carbocycles. The lowest BCUT2D eigenvalue weighted by atomic mass is 9.92. The first kappa shape index (κ1) is 81.0. The predicted molar refractivity (Wildman–Crippen MR) is 402 cm³/mol. The van der Waals surface area contributed by atoms with Gasteiger partial charge >= 0.3 is 6.03 Å². The molecule has 0 radical (unpaired) electrons. The van der Waals surface area contributed by atoms with E-state index in [1.165, 1.54) is 66.2 Å². The number of fused-ring (bicyclic) bond motifs is 1. The monoisotopic (exact) mass is 1550 g/mol. The number of nitrogens with one attached hydrogen (secondary N) is 9. The third kappa shape index (κ3) is 20.9. The summed E-state index contributed by atoms with van der Waals surface area (Å²) < 4.78 is 72.7. The largest absolute Gasteiger partial charge is 0.377 e. The Bertz CT molecular complexity index is 4850. The number of imidazole rings is 4. The van der Waals surface area contributed by atoms with E-state index in [9.17, 15) is 51.9 Å². The van der Waals surface area contributed by atoms with Crippen LogP contribution in [0, 0.1) is 25.5 Å². The molecule has 1 aliphatic heterocycles. The van der Waals surface area contributed by atoms with Gasteiger partial charge in [0.05, 0.1) is 99.7 Å². The fraction of sp³-hybridized carbons (Fsp3) is 0.432. The highest BCUT2D eigenvalue weighted by molar-refractivity contribution is 6.05. The fourth-order valence-corrected chi connectivity index (χ4v) is 13.2. The number of anilines is 5. The molecule has 2 aliphatic rings. The Morgan fingerprint density at radius 1 is 0.545 bits per heavy atom. The standard InChI is InChI=1S/C74H91F2N21O15/c1-44-64(45(2)112-90-44)46-8-15-55-54(36-46)85-65(56-16-20-82-74(106)97(56)50-11-14-52(75)53(76)39-50)96(55)49-9-12-51(13-10-49)111-35-34-110-33-32-109-31-30-108-29-28-107-27-25-77-61(98)17-21-81-71(103)67-88-59(42-94(67)6)86-62(99)18-22-80-70(102)58-38-48(41-93(58)5)84-73(105)68-89-60(43-95(68)7)87-63(100)19-23-79-69(101)57-37-47(40-92(57)4)83-72(104)66-78-24-26-91(66)3/h8,11,14-15,24,26,36-43,49,51,56H,9-10,12-13,16-23,25,27-35H2,1-7H3,(H,77,98)(H,79,101)(H,80,102)(H,81,103)(H,82,106)(H,83,104)(H,84,105)(H,86,99)(H,87,100)/t49?,51?,56-/m0/s1. The molecule has 0 spiro atoms. The van der Waals surface area contributed by atoms with E-state index in [2.05, 4.69) is 72.5 Å². The zero-order chi connectivity index (χ0) is 79.5. The van der Waals surface area contributed by atoms with Crippen LogP contribution in [0.1, 0.15) is 134 Å². The third-order valence-corrected chi connectivity index (χ3v) is 18.6. The molecule has 9 N–H and O–H groups in total. The normalized spacial score (nSPS) is 14.9. The van der Waals surface area contributed by atoms with E-state index < -0.39 is 65.1 Å². The minimum Gasteiger partial charge on any atom is -0.377 e. The van der Waals surface area contributed by atoms with Gasteiger partial charge in [-0.3, -0.25) is 43.3 Å². The summed E-state index contributed by atoms with van der Waals surface area (Å²) in [7, 11) is 8.03. The third-order valence-electron chi connectivity index (χ3n) is 18.6. The molecule has 1 atom stereocenters. The van der Waals surface area contributed by atoms with Crippen molar-refractivity contribution in [1.82, 2.24) is 79.1 Å². The van der Waals surface area contributed by atoms with Crippen LogP contribution in [0.4, 0.5) is 42.3 Å². The molecular formula is C74H91F2N21O15. The topological polar surface area (TPSA) is 418 Å². The van der Waals surface area contributed by atoms with Crippen LogP contribution >= 0.6 is 0 Å². The van der Waals surface area contributed by atoms with Crippen LogP contribution in [0.5, 0.6) is 0 Å². The lowest BCUT2D eigenvalue weighted by Gasteiger charge is -2.37. The Hall–Kier alpha value is -12.0. The number of benzene rings is 2. The SMILES string of the molecule is Cc1noc(C)c1-c1ccc2c(c1)nc([C@@H]1CCNC(=O)N1c1ccc(F)c(F)c1)n2C1CCC(OCCOCCOCCOCCOCCNC(=O)CCNC(=O)c2nc(NC(=O)CCNC(=O)c3cc(NC(=O)c4nc(NC(=O)CCNC(=O)c5cc(NC(=O)c6nccn6C)cn5C)cn4C)cn3C)cn2C)CC1. The second kappa shape index (κ2) is 38.1. The number of aromatic nitrogens is 11. The minimum absolute atomic E-state index is 0.00979. The quantitative estimate of drug-likeness (QED) is 0.0211. The van der Waals surface area contributed by atoms with Crippen LogP contribution in [-0.4, -0.2) is 204 Å². The van der Waals surface area contributed by atoms with Crippen LogP contribution in [0.2, 0.25) is 0 Å². The Kier molecular flexibility index (Phi) is 27.5. The van der Waals surface area contributed by atoms with Gasteiger partial charge in [-0.25, -0.2) is 33.5 Å². The van der Waals surface area contributed by atoms with Crippen LogP contribution < -0.4 is 52.8 Å². The Balaban J connectivity index is 0.493. The van der Waals surface area contributed by atoms with Gasteiger partial charge in [-0.2, -0.15) is 0 Å². The number of nitrogens with zero attached hydrogens (tertiary/aromatic N) is 12. The number of ether oxygens (including phenoxy) is 5. The van der Waals surface area contributed by atoms with E-state index in [0.717, 1.165) is 65.7 Å². The zero-order valence-electron chi connectivity index (χ0n) is 63.1. The molecule has 7 aromatic heterocycles. The first-order chi connectivity index (χ1) is 54.0. The first-order valence-corrected chi connectivity index (χ1v) is 36.6. The smallest absolute Gasteiger partial charge is 0.322 e. The summed E-state index contributed by atoms with van der Waals surface area (Å²) in [4.78, 5) is 136. The first-order valence-electron chi connectivity index (χ1n) is 36.6. The molecule has 38 heteroatoms. The molecule has 1 saturated heterocycles. The average molecular weight is 1550 g/mol. The average Bonchev–Trinajstić information content (AvgIpc) is 1.57. The summed E-state index contributed by atoms with van der Waals surface area (Å²) in [5.74, 6) is -4.40. The number of rotatable bonds is 38. The fourth-order valence-electron chi connectivity index (χ4n) is 13.2. The molecule has 596 valence electrons. The number of carbonyl (C=O) groups is 9. The highest BCUT2D eigenvalue weighted by Gasteiger charge is 2.38. The molecule has 0 unspecified atom stereocenters. The molecule has 36 nitrogen and oxygen atoms in total. The van der Waals surface area contributed by atoms with Gasteiger partial charge in [0, 0.05) is 148 Å². The minimum atomic E-state index is -1.05. The number of hydrogen-bond donors (Lipinski definition) is 9. The molecule has 8 heterocycles. The van der Waals surface area contributed by atoms with Gasteiger partial charge in [-0.15, -0.1) is 0 Å². The van der Waals surface area contributed by atoms with Crippen molar-refractivity contribution in [3.63, 3.8) is 0 Å². The number of halogens is 2. The molecule has 2 aromatic carbocycles. The summed E-state index contributed by atoms with van der Waals surface area (Å²) in [5, 5.41) is 28.3. The second-order valence-corrected chi connectivity index (χ2v) is 26.8. The zero-order valence-corrected chi connectivity index (χ0v) is 63.1. The molecule has 10 amide bonds. The van der Waals surface area contributed by atoms with Crippen LogP contribution in [-0.2, 0) is 73.3 Å². The summed E-state index contributed by atoms with van der Waals surface area (Å²) in [5.41, 5.74) is 5.45. The molecule has 0 bridgehead atoms. The lowest BCUT2D eigenvalue weighted by Crippen LogP contribution is -2.49. The van der Waals surface area contributed by atoms with E-state index in [0.29, 0.717) is 83.1 Å². The van der Waals surface area contributed by atoms with Crippen molar-refractivity contribution in [3.05, 3.63) is 143 Å². The number of hydrogen-bond acceptors (Lipinski definition) is 20. The van der Waals surface area contributed by atoms with Crippen molar-refractivity contribution < 1.29 is 80.1 Å². The van der Waals surface area contributed by atoms with E-state index >= 15 is 0 Å². The number of aryl methyl sites for hydroxylation is 7. The van der Waals surface area contributed by atoms with Crippen LogP contribution in [0.3, 0.4) is 0 Å². The van der Waals surface area contributed by atoms with Crippen molar-refractivity contribution in [1.29, 1.82) is 0 Å². The predicted octanol–water partition coefficient (Wildman–Crippen LogP) is 5.65. The molecular weight excluding hydrogens is 1460 g/mol. The van der Waals surface area contributed by atoms with Gasteiger partial charge in [-0.1, -0.05) is 11.2 Å². The lowest BCUT2D eigenvalue weighted by molar-refractivity contribution is -0.121. The number of urea groups is 1. The van der Waals surface area contributed by atoms with Crippen molar-refractivity contribution in [2.75, 3.05) is 118 Å². The van der Waals surface area contributed by atoms with Crippen molar-refractivity contribution in [3.8, 4) is 11.1 Å². The van der Waals surface area contributed by atoms with Gasteiger partial charge in [0.25, 0.3) is 29.5 Å². The van der Waals surface area contributed by atoms with E-state index in [4.69, 9.17) is 33.2 Å². The van der Waals surface area contributed by atoms with Gasteiger partial charge < -0.3 is 103 Å². The van der Waals surface area contributed by atoms with Gasteiger partial charge in [0.15, 0.2) is 29.1 Å². The molecule has 9 aromatic rings. The van der Waals surface area contributed by atoms with E-state index in [-0.39, 0.29) is 122 Å². The summed E-state index contributed by atoms with van der Waals surface area (Å²) in [6, 6.07) is 11.5. The number of carbonyl (C=O) groups excluding carboxylic acids is 9. The van der Waals surface area contributed by atoms with Crippen LogP contribution in [0.15, 0.2) is 90.2 Å². The summed E-state index contributed by atoms with van der Waals surface area (Å²) in [6.45, 7) is 7.40. The molecule has 112 heavy (non-hydrogen) atoms. The maximum absolute atomic E-state index is 14.6. The summed E-state index contributed by atoms with van der Waals surface area (Å²) in [6.07, 6.45) is 12.4. The highest BCUT2D eigenvalue weighted by atomic mass is 19.2. The molecule has 2 fully saturated rings. The summed E-state index contributed by atoms with van der Waals surface area (Å²) >= 11 is 0. The van der Waals surface area contributed by atoms with Crippen LogP contribution in [0.25, 0.3) is 22.2 Å². The molecule has 11 rings (SSSR count). The Labute approximate surface area is 641 Å². The van der Waals surface area contributed by atoms with E-state index in [1.54, 1.807) is 52.2 Å². The van der Waals surface area contributed by atoms with Gasteiger partial charge in [-0.05, 0) is 87.9 Å². The Morgan fingerprint density at radius 3 is 1.66 bits per heavy atom. The second-order valence-electron chi connectivity index (χ2n) is 26.8. The maximum atomic E-state index is 14.6. The van der Waals surface area contributed by atoms with E-state index in [1.807, 2.05) is 32.0 Å². The van der Waals surface area contributed by atoms with Gasteiger partial charge in [0.2, 0.25) is 29.4 Å². The van der Waals surface area contributed by atoms with Crippen molar-refractivity contribution >= 4 is 93.0 Å². The maximum Gasteiger partial charge on any atom is 0.322 e.